The minimum Gasteiger partial charge on any atom is -0.497 e. The molecule has 1 fully saturated rings. The molecule has 0 aromatic heterocycles. The first-order valence-corrected chi connectivity index (χ1v) is 10.9. The Hall–Kier alpha value is -1.27. The van der Waals surface area contributed by atoms with Gasteiger partial charge in [-0.3, -0.25) is 0 Å². The van der Waals surface area contributed by atoms with Crippen LogP contribution in [0.4, 0.5) is 0 Å². The molecule has 0 amide bonds. The molecule has 0 spiro atoms. The minimum atomic E-state index is -3.47. The third kappa shape index (κ3) is 4.92. The van der Waals surface area contributed by atoms with E-state index in [0.29, 0.717) is 17.6 Å². The number of quaternary nitrogens is 1. The molecule has 140 valence electrons. The minimum absolute atomic E-state index is 0.0506. The number of methoxy groups -OCH3 is 1. The van der Waals surface area contributed by atoms with E-state index in [2.05, 4.69) is 0 Å². The fourth-order valence-corrected chi connectivity index (χ4v) is 5.15. The average Bonchev–Trinajstić information content (AvgIpc) is 3.46. The molecule has 1 aliphatic rings. The molecule has 1 unspecified atom stereocenters. The zero-order valence-electron chi connectivity index (χ0n) is 14.5. The highest BCUT2D eigenvalue weighted by Gasteiger charge is 2.34. The van der Waals surface area contributed by atoms with E-state index in [1.807, 2.05) is 24.3 Å². The van der Waals surface area contributed by atoms with Crippen LogP contribution in [0.5, 0.6) is 5.75 Å². The Morgan fingerprint density at radius 2 is 1.81 bits per heavy atom. The van der Waals surface area contributed by atoms with Gasteiger partial charge in [0.25, 0.3) is 0 Å². The quantitative estimate of drug-likeness (QED) is 0.721. The summed E-state index contributed by atoms with van der Waals surface area (Å²) in [5.74, 6) is 0.870. The Bertz CT molecular complexity index is 865. The number of nitrogens with one attached hydrogen (secondary N) is 1. The van der Waals surface area contributed by atoms with Gasteiger partial charge in [0.2, 0.25) is 0 Å². The number of ether oxygens (including phenoxy) is 1. The van der Waals surface area contributed by atoms with Crippen molar-refractivity contribution in [1.82, 2.24) is 0 Å². The van der Waals surface area contributed by atoms with E-state index in [1.54, 1.807) is 13.2 Å². The predicted octanol–water partition coefficient (Wildman–Crippen LogP) is 3.02. The number of rotatable bonds is 8. The molecule has 4 nitrogen and oxygen atoms in total. The Labute approximate surface area is 164 Å². The molecule has 0 radical (unpaired) electrons. The summed E-state index contributed by atoms with van der Waals surface area (Å²) in [4.78, 5) is 1.41. The highest BCUT2D eigenvalue weighted by molar-refractivity contribution is 7.91. The lowest BCUT2D eigenvalue weighted by molar-refractivity contribution is -0.922. The highest BCUT2D eigenvalue weighted by atomic mass is 35.5. The first-order valence-electron chi connectivity index (χ1n) is 8.54. The predicted molar refractivity (Wildman–Crippen MR) is 104 cm³/mol. The molecule has 1 saturated carbocycles. The van der Waals surface area contributed by atoms with E-state index in [0.717, 1.165) is 25.1 Å². The van der Waals surface area contributed by atoms with Crippen LogP contribution < -0.4 is 9.64 Å². The van der Waals surface area contributed by atoms with Crippen LogP contribution >= 0.6 is 23.2 Å². The van der Waals surface area contributed by atoms with Crippen LogP contribution in [0.1, 0.15) is 18.4 Å². The van der Waals surface area contributed by atoms with Crippen molar-refractivity contribution in [2.75, 3.05) is 19.4 Å². The summed E-state index contributed by atoms with van der Waals surface area (Å²) in [5, 5.41) is 0.593. The summed E-state index contributed by atoms with van der Waals surface area (Å²) in [7, 11) is -1.83. The fourth-order valence-electron chi connectivity index (χ4n) is 3.02. The first-order chi connectivity index (χ1) is 12.4. The molecule has 7 heteroatoms. The van der Waals surface area contributed by atoms with Gasteiger partial charge in [-0.15, -0.1) is 0 Å². The molecule has 1 atom stereocenters. The Morgan fingerprint density at radius 3 is 2.42 bits per heavy atom. The molecule has 0 saturated heterocycles. The average molecular weight is 415 g/mol. The highest BCUT2D eigenvalue weighted by Crippen LogP contribution is 2.26. The maximum atomic E-state index is 12.7. The van der Waals surface area contributed by atoms with Gasteiger partial charge in [-0.05, 0) is 42.5 Å². The normalized spacial score (nSPS) is 15.7. The van der Waals surface area contributed by atoms with E-state index >= 15 is 0 Å². The third-order valence-electron chi connectivity index (χ3n) is 4.67. The summed E-state index contributed by atoms with van der Waals surface area (Å²) in [6, 6.07) is 13.0. The van der Waals surface area contributed by atoms with Crippen LogP contribution in [0.25, 0.3) is 0 Å². The van der Waals surface area contributed by atoms with E-state index in [4.69, 9.17) is 27.9 Å². The molecule has 0 aliphatic heterocycles. The second kappa shape index (κ2) is 8.17. The lowest BCUT2D eigenvalue weighted by Crippen LogP contribution is -3.12. The molecule has 3 rings (SSSR count). The summed E-state index contributed by atoms with van der Waals surface area (Å²) >= 11 is 12.0. The lowest BCUT2D eigenvalue weighted by Gasteiger charge is -2.19. The van der Waals surface area contributed by atoms with Gasteiger partial charge < -0.3 is 9.64 Å². The van der Waals surface area contributed by atoms with Gasteiger partial charge in [0.15, 0.2) is 9.84 Å². The van der Waals surface area contributed by atoms with Gasteiger partial charge in [-0.25, -0.2) is 8.42 Å². The van der Waals surface area contributed by atoms with Crippen molar-refractivity contribution in [1.29, 1.82) is 0 Å². The van der Waals surface area contributed by atoms with Gasteiger partial charge in [0.1, 0.15) is 18.0 Å². The molecule has 0 bridgehead atoms. The second-order valence-electron chi connectivity index (χ2n) is 6.60. The van der Waals surface area contributed by atoms with Crippen LogP contribution in [-0.2, 0) is 16.4 Å². The van der Waals surface area contributed by atoms with Crippen molar-refractivity contribution in [3.05, 3.63) is 58.1 Å². The van der Waals surface area contributed by atoms with Gasteiger partial charge in [0.05, 0.1) is 29.6 Å². The monoisotopic (exact) mass is 414 g/mol. The number of hydrogen-bond acceptors (Lipinski definition) is 3. The molecule has 2 aromatic rings. The first kappa shape index (κ1) is 19.5. The largest absolute Gasteiger partial charge is 0.497 e. The maximum Gasteiger partial charge on any atom is 0.185 e. The number of sulfone groups is 1. The van der Waals surface area contributed by atoms with E-state index in [1.165, 1.54) is 22.6 Å². The van der Waals surface area contributed by atoms with Crippen LogP contribution in [0.15, 0.2) is 47.4 Å². The van der Waals surface area contributed by atoms with Crippen molar-refractivity contribution in [3.8, 4) is 5.75 Å². The van der Waals surface area contributed by atoms with E-state index in [9.17, 15) is 8.42 Å². The SMILES string of the molecule is COc1ccc(C[NH+](CCS(=O)(=O)c2cc(Cl)ccc2Cl)C2CC2)cc1. The Balaban J connectivity index is 1.69. The van der Waals surface area contributed by atoms with E-state index in [-0.39, 0.29) is 15.7 Å². The molecule has 26 heavy (non-hydrogen) atoms. The second-order valence-corrected chi connectivity index (χ2v) is 9.52. The molecule has 2 aromatic carbocycles. The molecular formula is C19H22Cl2NO3S+. The third-order valence-corrected chi connectivity index (χ3v) is 7.09. The molecular weight excluding hydrogens is 393 g/mol. The fraction of sp³-hybridized carbons (Fsp3) is 0.368. The summed E-state index contributed by atoms with van der Waals surface area (Å²) in [6.07, 6.45) is 2.28. The van der Waals surface area contributed by atoms with Gasteiger partial charge in [0, 0.05) is 23.4 Å². The van der Waals surface area contributed by atoms with Gasteiger partial charge in [-0.1, -0.05) is 23.2 Å². The number of benzene rings is 2. The number of halogens is 2. The van der Waals surface area contributed by atoms with Crippen molar-refractivity contribution in [3.63, 3.8) is 0 Å². The maximum absolute atomic E-state index is 12.7. The molecule has 1 N–H and O–H groups in total. The van der Waals surface area contributed by atoms with Crippen molar-refractivity contribution in [2.45, 2.75) is 30.3 Å². The summed E-state index contributed by atoms with van der Waals surface area (Å²) in [5.41, 5.74) is 1.17. The number of hydrogen-bond donors (Lipinski definition) is 1. The van der Waals surface area contributed by atoms with Crippen LogP contribution in [0.2, 0.25) is 10.0 Å². The van der Waals surface area contributed by atoms with Gasteiger partial charge >= 0.3 is 0 Å². The Morgan fingerprint density at radius 1 is 1.12 bits per heavy atom. The topological polar surface area (TPSA) is 47.8 Å². The Kier molecular flexibility index (Phi) is 6.13. The van der Waals surface area contributed by atoms with Gasteiger partial charge in [-0.2, -0.15) is 0 Å². The standard InChI is InChI=1S/C19H21Cl2NO3S/c1-25-17-7-2-14(3-8-17)13-22(16-5-6-16)10-11-26(23,24)19-12-15(20)4-9-18(19)21/h2-4,7-9,12,16H,5-6,10-11,13H2,1H3/p+1. The van der Waals surface area contributed by atoms with Crippen LogP contribution in [0.3, 0.4) is 0 Å². The van der Waals surface area contributed by atoms with Crippen molar-refractivity contribution in [2.24, 2.45) is 0 Å². The summed E-state index contributed by atoms with van der Waals surface area (Å²) < 4.78 is 30.6. The van der Waals surface area contributed by atoms with Crippen LogP contribution in [-0.4, -0.2) is 33.9 Å². The summed E-state index contributed by atoms with van der Waals surface area (Å²) in [6.45, 7) is 1.34. The van der Waals surface area contributed by atoms with Crippen molar-refractivity contribution >= 4 is 33.0 Å². The zero-order valence-corrected chi connectivity index (χ0v) is 16.9. The molecule has 0 heterocycles. The zero-order chi connectivity index (χ0) is 18.7. The smallest absolute Gasteiger partial charge is 0.185 e. The van der Waals surface area contributed by atoms with Crippen molar-refractivity contribution < 1.29 is 18.1 Å². The molecule has 1 aliphatic carbocycles. The van der Waals surface area contributed by atoms with E-state index < -0.39 is 9.84 Å². The lowest BCUT2D eigenvalue weighted by atomic mass is 10.2. The van der Waals surface area contributed by atoms with Crippen LogP contribution in [0, 0.1) is 0 Å².